The van der Waals surface area contributed by atoms with Crippen molar-refractivity contribution in [2.24, 2.45) is 11.8 Å². The number of carbonyl (C=O) groups excluding carboxylic acids is 2. The van der Waals surface area contributed by atoms with Gasteiger partial charge in [-0.05, 0) is 36.7 Å². The summed E-state index contributed by atoms with van der Waals surface area (Å²) in [7, 11) is 2.82. The van der Waals surface area contributed by atoms with Gasteiger partial charge in [-0.2, -0.15) is 0 Å². The van der Waals surface area contributed by atoms with E-state index in [1.165, 1.54) is 14.2 Å². The van der Waals surface area contributed by atoms with Crippen LogP contribution in [0.25, 0.3) is 0 Å². The van der Waals surface area contributed by atoms with Crippen molar-refractivity contribution in [2.45, 2.75) is 13.5 Å². The van der Waals surface area contributed by atoms with Crippen molar-refractivity contribution in [3.63, 3.8) is 0 Å². The minimum absolute atomic E-state index is 0.0143. The van der Waals surface area contributed by atoms with Gasteiger partial charge in [-0.25, -0.2) is 4.79 Å². The zero-order valence-corrected chi connectivity index (χ0v) is 13.1. The first kappa shape index (κ1) is 16.3. The lowest BCUT2D eigenvalue weighted by atomic mass is 9.88. The number of rotatable bonds is 6. The molecule has 0 saturated carbocycles. The zero-order chi connectivity index (χ0) is 16.1. The number of carbonyl (C=O) groups is 2. The molecule has 1 aromatic rings. The molecule has 1 fully saturated rings. The molecule has 1 aliphatic heterocycles. The molecule has 1 saturated heterocycles. The van der Waals surface area contributed by atoms with Crippen LogP contribution in [0, 0.1) is 11.8 Å². The normalized spacial score (nSPS) is 15.6. The highest BCUT2D eigenvalue weighted by atomic mass is 16.5. The molecule has 2 N–H and O–H groups in total. The maximum Gasteiger partial charge on any atom is 0.341 e. The minimum Gasteiger partial charge on any atom is -0.496 e. The molecule has 1 aliphatic rings. The van der Waals surface area contributed by atoms with Crippen molar-refractivity contribution in [1.29, 1.82) is 0 Å². The van der Waals surface area contributed by atoms with Gasteiger partial charge in [-0.1, -0.05) is 13.0 Å². The lowest BCUT2D eigenvalue weighted by Crippen LogP contribution is -2.49. The summed E-state index contributed by atoms with van der Waals surface area (Å²) < 4.78 is 9.88. The number of methoxy groups -OCH3 is 2. The summed E-state index contributed by atoms with van der Waals surface area (Å²) in [5, 5.41) is 6.07. The molecule has 0 radical (unpaired) electrons. The van der Waals surface area contributed by atoms with Crippen molar-refractivity contribution in [3.8, 4) is 5.75 Å². The zero-order valence-electron chi connectivity index (χ0n) is 13.1. The first-order valence-corrected chi connectivity index (χ1v) is 7.30. The number of amides is 1. The van der Waals surface area contributed by atoms with Crippen LogP contribution >= 0.6 is 0 Å². The van der Waals surface area contributed by atoms with Crippen molar-refractivity contribution < 1.29 is 19.1 Å². The second-order valence-electron chi connectivity index (χ2n) is 5.45. The van der Waals surface area contributed by atoms with Crippen molar-refractivity contribution in [3.05, 3.63) is 29.3 Å². The Morgan fingerprint density at radius 2 is 2.09 bits per heavy atom. The van der Waals surface area contributed by atoms with Crippen LogP contribution in [0.4, 0.5) is 0 Å². The Balaban J connectivity index is 2.00. The van der Waals surface area contributed by atoms with E-state index in [9.17, 15) is 9.59 Å². The average molecular weight is 306 g/mol. The van der Waals surface area contributed by atoms with Crippen molar-refractivity contribution in [1.82, 2.24) is 10.6 Å². The predicted molar refractivity (Wildman–Crippen MR) is 81.7 cm³/mol. The number of benzene rings is 1. The van der Waals surface area contributed by atoms with Gasteiger partial charge in [0.25, 0.3) is 0 Å². The quantitative estimate of drug-likeness (QED) is 0.765. The fourth-order valence-corrected chi connectivity index (χ4v) is 2.36. The molecule has 120 valence electrons. The maximum atomic E-state index is 12.1. The van der Waals surface area contributed by atoms with E-state index in [0.717, 1.165) is 18.7 Å². The summed E-state index contributed by atoms with van der Waals surface area (Å²) in [5.41, 5.74) is 1.18. The van der Waals surface area contributed by atoms with Gasteiger partial charge in [0.05, 0.1) is 14.2 Å². The fourth-order valence-electron chi connectivity index (χ4n) is 2.36. The van der Waals surface area contributed by atoms with Crippen LogP contribution in [0.1, 0.15) is 22.8 Å². The molecule has 0 bridgehead atoms. The Labute approximate surface area is 130 Å². The summed E-state index contributed by atoms with van der Waals surface area (Å²) in [6, 6.07) is 5.20. The number of hydrogen-bond donors (Lipinski definition) is 2. The van der Waals surface area contributed by atoms with Gasteiger partial charge in [-0.15, -0.1) is 0 Å². The molecule has 1 unspecified atom stereocenters. The standard InChI is InChI=1S/C16H22N2O4/c1-10(12-8-17-9-12)15(19)18-7-11-4-5-14(21-2)13(6-11)16(20)22-3/h4-6,10,12,17H,7-9H2,1-3H3,(H,18,19). The molecule has 6 heteroatoms. The van der Waals surface area contributed by atoms with Crippen LogP contribution in [-0.2, 0) is 16.1 Å². The highest BCUT2D eigenvalue weighted by molar-refractivity contribution is 5.92. The third-order valence-electron chi connectivity index (χ3n) is 4.07. The Morgan fingerprint density at radius 1 is 1.36 bits per heavy atom. The lowest BCUT2D eigenvalue weighted by Gasteiger charge is -2.31. The van der Waals surface area contributed by atoms with Crippen molar-refractivity contribution in [2.75, 3.05) is 27.3 Å². The SMILES string of the molecule is COC(=O)c1cc(CNC(=O)C(C)C2CNC2)ccc1OC. The van der Waals surface area contributed by atoms with Gasteiger partial charge < -0.3 is 20.1 Å². The number of ether oxygens (including phenoxy) is 2. The predicted octanol–water partition coefficient (Wildman–Crippen LogP) is 0.953. The van der Waals surface area contributed by atoms with Crippen LogP contribution < -0.4 is 15.4 Å². The molecule has 0 spiro atoms. The van der Waals surface area contributed by atoms with Crippen LogP contribution in [0.3, 0.4) is 0 Å². The minimum atomic E-state index is -0.459. The average Bonchev–Trinajstić information content (AvgIpc) is 2.49. The first-order valence-electron chi connectivity index (χ1n) is 7.30. The van der Waals surface area contributed by atoms with E-state index in [0.29, 0.717) is 23.8 Å². The second kappa shape index (κ2) is 7.26. The first-order chi connectivity index (χ1) is 10.6. The molecule has 1 atom stereocenters. The number of esters is 1. The molecule has 2 rings (SSSR count). The van der Waals surface area contributed by atoms with Gasteiger partial charge in [0, 0.05) is 12.5 Å². The molecular weight excluding hydrogens is 284 g/mol. The van der Waals surface area contributed by atoms with Gasteiger partial charge >= 0.3 is 5.97 Å². The molecule has 1 heterocycles. The third kappa shape index (κ3) is 3.57. The van der Waals surface area contributed by atoms with E-state index in [2.05, 4.69) is 10.6 Å². The summed E-state index contributed by atoms with van der Waals surface area (Å²) >= 11 is 0. The molecule has 0 aromatic heterocycles. The summed E-state index contributed by atoms with van der Waals surface area (Å²) in [5.74, 6) is 0.415. The molecule has 1 amide bonds. The molecule has 0 aliphatic carbocycles. The summed E-state index contributed by atoms with van der Waals surface area (Å²) in [6.45, 7) is 4.10. The maximum absolute atomic E-state index is 12.1. The monoisotopic (exact) mass is 306 g/mol. The number of hydrogen-bond acceptors (Lipinski definition) is 5. The molecule has 6 nitrogen and oxygen atoms in total. The smallest absolute Gasteiger partial charge is 0.341 e. The third-order valence-corrected chi connectivity index (χ3v) is 4.07. The van der Waals surface area contributed by atoms with E-state index >= 15 is 0 Å². The van der Waals surface area contributed by atoms with Crippen LogP contribution in [0.5, 0.6) is 5.75 Å². The summed E-state index contributed by atoms with van der Waals surface area (Å²) in [4.78, 5) is 23.8. The second-order valence-corrected chi connectivity index (χ2v) is 5.45. The van der Waals surface area contributed by atoms with Gasteiger partial charge in [0.15, 0.2) is 0 Å². The lowest BCUT2D eigenvalue weighted by molar-refractivity contribution is -0.126. The molecule has 22 heavy (non-hydrogen) atoms. The Hall–Kier alpha value is -2.08. The van der Waals surface area contributed by atoms with Gasteiger partial charge in [0.2, 0.25) is 5.91 Å². The van der Waals surface area contributed by atoms with E-state index < -0.39 is 5.97 Å². The summed E-state index contributed by atoms with van der Waals surface area (Å²) in [6.07, 6.45) is 0. The van der Waals surface area contributed by atoms with E-state index in [4.69, 9.17) is 9.47 Å². The van der Waals surface area contributed by atoms with E-state index in [-0.39, 0.29) is 11.8 Å². The van der Waals surface area contributed by atoms with Gasteiger partial charge in [0.1, 0.15) is 11.3 Å². The highest BCUT2D eigenvalue weighted by Gasteiger charge is 2.28. The van der Waals surface area contributed by atoms with E-state index in [1.807, 2.05) is 13.0 Å². The van der Waals surface area contributed by atoms with Crippen LogP contribution in [0.15, 0.2) is 18.2 Å². The molecule has 1 aromatic carbocycles. The Kier molecular flexibility index (Phi) is 5.38. The molecular formula is C16H22N2O4. The Morgan fingerprint density at radius 3 is 2.64 bits per heavy atom. The fraction of sp³-hybridized carbons (Fsp3) is 0.500. The van der Waals surface area contributed by atoms with Crippen molar-refractivity contribution >= 4 is 11.9 Å². The Bertz CT molecular complexity index is 555. The van der Waals surface area contributed by atoms with E-state index in [1.54, 1.807) is 12.1 Å². The number of nitrogens with one attached hydrogen (secondary N) is 2. The largest absolute Gasteiger partial charge is 0.496 e. The highest BCUT2D eigenvalue weighted by Crippen LogP contribution is 2.21. The van der Waals surface area contributed by atoms with Crippen LogP contribution in [0.2, 0.25) is 0 Å². The topological polar surface area (TPSA) is 76.7 Å². The van der Waals surface area contributed by atoms with Gasteiger partial charge in [-0.3, -0.25) is 4.79 Å². The van der Waals surface area contributed by atoms with Crippen LogP contribution in [-0.4, -0.2) is 39.2 Å².